The van der Waals surface area contributed by atoms with Crippen molar-refractivity contribution in [3.05, 3.63) is 94.5 Å². The van der Waals surface area contributed by atoms with E-state index in [0.717, 1.165) is 24.3 Å². The van der Waals surface area contributed by atoms with E-state index in [4.69, 9.17) is 15.8 Å². The van der Waals surface area contributed by atoms with Gasteiger partial charge < -0.3 is 9.08 Å². The summed E-state index contributed by atoms with van der Waals surface area (Å²) in [6.45, 7) is 3.61. The van der Waals surface area contributed by atoms with Gasteiger partial charge in [-0.25, -0.2) is 8.78 Å². The van der Waals surface area contributed by atoms with Gasteiger partial charge in [0.05, 0.1) is 12.1 Å². The fourth-order valence-electron chi connectivity index (χ4n) is 3.14. The maximum absolute atomic E-state index is 14.3. The molecule has 0 aliphatic heterocycles. The molecule has 1 atom stereocenters. The summed E-state index contributed by atoms with van der Waals surface area (Å²) >= 11 is 6.13. The van der Waals surface area contributed by atoms with E-state index in [1.54, 1.807) is 13.0 Å². The predicted molar refractivity (Wildman–Crippen MR) is 122 cm³/mol. The molecular weight excluding hydrogens is 472 g/mol. The lowest BCUT2D eigenvalue weighted by Gasteiger charge is -2.29. The van der Waals surface area contributed by atoms with Crippen molar-refractivity contribution < 1.29 is 26.2 Å². The van der Waals surface area contributed by atoms with Gasteiger partial charge in [-0.15, -0.1) is 0 Å². The number of hydrogen-bond donors (Lipinski definition) is 0. The van der Waals surface area contributed by atoms with Crippen molar-refractivity contribution in [3.63, 3.8) is 0 Å². The first-order valence-electron chi connectivity index (χ1n) is 10.2. The average molecular weight is 494 g/mol. The van der Waals surface area contributed by atoms with Gasteiger partial charge in [-0.05, 0) is 67.9 Å². The molecule has 0 radical (unpaired) electrons. The highest BCUT2D eigenvalue weighted by molar-refractivity contribution is 7.87. The Hall–Kier alpha value is -2.97. The Morgan fingerprint density at radius 1 is 1.06 bits per heavy atom. The highest BCUT2D eigenvalue weighted by atomic mass is 35.5. The molecule has 3 aromatic rings. The maximum Gasteiger partial charge on any atom is 0.339 e. The van der Waals surface area contributed by atoms with E-state index in [1.807, 2.05) is 6.92 Å². The zero-order chi connectivity index (χ0) is 24.2. The van der Waals surface area contributed by atoms with Crippen molar-refractivity contribution in [2.45, 2.75) is 37.8 Å². The average Bonchev–Trinajstić information content (AvgIpc) is 2.78. The lowest BCUT2D eigenvalue weighted by atomic mass is 10.1. The number of hydrogen-bond acceptors (Lipinski definition) is 4. The van der Waals surface area contributed by atoms with Gasteiger partial charge in [0.25, 0.3) is 5.91 Å². The molecule has 9 heteroatoms. The van der Waals surface area contributed by atoms with Crippen LogP contribution < -0.4 is 4.18 Å². The van der Waals surface area contributed by atoms with Crippen molar-refractivity contribution in [3.8, 4) is 5.75 Å². The summed E-state index contributed by atoms with van der Waals surface area (Å²) in [6.07, 6.45) is 0.574. The van der Waals surface area contributed by atoms with Gasteiger partial charge in [-0.3, -0.25) is 4.79 Å². The predicted octanol–water partition coefficient (Wildman–Crippen LogP) is 5.83. The van der Waals surface area contributed by atoms with E-state index in [-0.39, 0.29) is 28.8 Å². The highest BCUT2D eigenvalue weighted by Crippen LogP contribution is 2.29. The van der Waals surface area contributed by atoms with Crippen LogP contribution in [-0.2, 0) is 16.7 Å². The van der Waals surface area contributed by atoms with Crippen LogP contribution in [0.4, 0.5) is 8.78 Å². The third kappa shape index (κ3) is 5.89. The molecule has 1 amide bonds. The molecule has 0 fully saturated rings. The topological polar surface area (TPSA) is 63.7 Å². The Labute approximate surface area is 196 Å². The molecule has 0 aromatic heterocycles. The SMILES string of the molecule is CC[C@@H](C)N(Cc1cc(Cl)ccc1OS(=O)(=O)c1ccc(F)cc1)C(=O)c1ccccc1F. The number of amides is 1. The molecule has 5 nitrogen and oxygen atoms in total. The van der Waals surface area contributed by atoms with Gasteiger partial charge in [-0.2, -0.15) is 8.42 Å². The summed E-state index contributed by atoms with van der Waals surface area (Å²) < 4.78 is 58.2. The molecular formula is C24H22ClF2NO4S. The molecule has 0 bridgehead atoms. The molecule has 0 aliphatic carbocycles. The summed E-state index contributed by atoms with van der Waals surface area (Å²) in [7, 11) is -4.28. The monoisotopic (exact) mass is 493 g/mol. The quantitative estimate of drug-likeness (QED) is 0.370. The minimum Gasteiger partial charge on any atom is -0.379 e. The Morgan fingerprint density at radius 3 is 2.36 bits per heavy atom. The van der Waals surface area contributed by atoms with E-state index < -0.39 is 27.7 Å². The molecule has 0 saturated heterocycles. The highest BCUT2D eigenvalue weighted by Gasteiger charge is 2.26. The third-order valence-corrected chi connectivity index (χ3v) is 6.64. The summed E-state index contributed by atoms with van der Waals surface area (Å²) in [5.74, 6) is -1.83. The molecule has 0 heterocycles. The first kappa shape index (κ1) is 24.7. The second kappa shape index (κ2) is 10.3. The van der Waals surface area contributed by atoms with Gasteiger partial charge in [0, 0.05) is 16.6 Å². The van der Waals surface area contributed by atoms with Crippen molar-refractivity contribution in [1.82, 2.24) is 4.90 Å². The largest absolute Gasteiger partial charge is 0.379 e. The smallest absolute Gasteiger partial charge is 0.339 e. The van der Waals surface area contributed by atoms with E-state index in [1.165, 1.54) is 41.3 Å². The number of rotatable bonds is 8. The first-order valence-corrected chi connectivity index (χ1v) is 11.9. The lowest BCUT2D eigenvalue weighted by Crippen LogP contribution is -2.38. The number of carbonyl (C=O) groups is 1. The third-order valence-electron chi connectivity index (χ3n) is 5.15. The zero-order valence-electron chi connectivity index (χ0n) is 18.0. The summed E-state index contributed by atoms with van der Waals surface area (Å²) in [5, 5.41) is 0.305. The summed E-state index contributed by atoms with van der Waals surface area (Å²) in [5.41, 5.74) is 0.222. The van der Waals surface area contributed by atoms with E-state index >= 15 is 0 Å². The van der Waals surface area contributed by atoms with Crippen LogP contribution in [0.1, 0.15) is 36.2 Å². The molecule has 0 spiro atoms. The van der Waals surface area contributed by atoms with Crippen molar-refractivity contribution in [1.29, 1.82) is 0 Å². The van der Waals surface area contributed by atoms with Crippen LogP contribution in [-0.4, -0.2) is 25.3 Å². The molecule has 174 valence electrons. The second-order valence-corrected chi connectivity index (χ2v) is 9.40. The number of halogens is 3. The fourth-order valence-corrected chi connectivity index (χ4v) is 4.30. The molecule has 3 rings (SSSR count). The van der Waals surface area contributed by atoms with Crippen LogP contribution >= 0.6 is 11.6 Å². The normalized spacial score (nSPS) is 12.3. The number of carbonyl (C=O) groups excluding carboxylic acids is 1. The summed E-state index contributed by atoms with van der Waals surface area (Å²) in [4.78, 5) is 14.4. The van der Waals surface area contributed by atoms with Crippen molar-refractivity contribution in [2.75, 3.05) is 0 Å². The molecule has 3 aromatic carbocycles. The first-order chi connectivity index (χ1) is 15.6. The summed E-state index contributed by atoms with van der Waals surface area (Å²) in [6, 6.07) is 13.9. The number of benzene rings is 3. The van der Waals surface area contributed by atoms with Gasteiger partial charge in [-0.1, -0.05) is 30.7 Å². The Bertz CT molecular complexity index is 1250. The molecule has 0 N–H and O–H groups in total. The van der Waals surface area contributed by atoms with Gasteiger partial charge >= 0.3 is 10.1 Å². The standard InChI is InChI=1S/C24H22ClF2NO4S/c1-3-16(2)28(24(29)21-6-4-5-7-22(21)27)15-17-14-18(25)8-13-23(17)32-33(30,31)20-11-9-19(26)10-12-20/h4-14,16H,3,15H2,1-2H3/t16-/m1/s1. The van der Waals surface area contributed by atoms with Crippen LogP contribution in [0.25, 0.3) is 0 Å². The van der Waals surface area contributed by atoms with Gasteiger partial charge in [0.2, 0.25) is 0 Å². The Morgan fingerprint density at radius 2 is 1.73 bits per heavy atom. The van der Waals surface area contributed by atoms with E-state index in [9.17, 15) is 22.0 Å². The van der Waals surface area contributed by atoms with Crippen LogP contribution in [0.2, 0.25) is 5.02 Å². The van der Waals surface area contributed by atoms with Gasteiger partial charge in [0.15, 0.2) is 0 Å². The van der Waals surface area contributed by atoms with Crippen LogP contribution in [0.5, 0.6) is 5.75 Å². The minimum atomic E-state index is -4.28. The number of nitrogens with zero attached hydrogens (tertiary/aromatic N) is 1. The fraction of sp³-hybridized carbons (Fsp3) is 0.208. The zero-order valence-corrected chi connectivity index (χ0v) is 19.5. The molecule has 0 saturated carbocycles. The Balaban J connectivity index is 1.97. The van der Waals surface area contributed by atoms with Crippen LogP contribution in [0.15, 0.2) is 71.6 Å². The van der Waals surface area contributed by atoms with Crippen molar-refractivity contribution >= 4 is 27.6 Å². The molecule has 0 unspecified atom stereocenters. The van der Waals surface area contributed by atoms with E-state index in [0.29, 0.717) is 17.0 Å². The second-order valence-electron chi connectivity index (χ2n) is 7.41. The van der Waals surface area contributed by atoms with Gasteiger partial charge in [0.1, 0.15) is 22.3 Å². The molecule has 0 aliphatic rings. The minimum absolute atomic E-state index is 0.0432. The van der Waals surface area contributed by atoms with Crippen LogP contribution in [0.3, 0.4) is 0 Å². The lowest BCUT2D eigenvalue weighted by molar-refractivity contribution is 0.0666. The maximum atomic E-state index is 14.3. The van der Waals surface area contributed by atoms with Crippen LogP contribution in [0, 0.1) is 11.6 Å². The Kier molecular flexibility index (Phi) is 7.71. The van der Waals surface area contributed by atoms with E-state index in [2.05, 4.69) is 0 Å². The van der Waals surface area contributed by atoms with Crippen molar-refractivity contribution in [2.24, 2.45) is 0 Å². The molecule has 33 heavy (non-hydrogen) atoms.